The Labute approximate surface area is 129 Å². The molecular weight excluding hydrogens is 274 g/mol. The van der Waals surface area contributed by atoms with Gasteiger partial charge in [-0.25, -0.2) is 0 Å². The minimum Gasteiger partial charge on any atom is -0.361 e. The van der Waals surface area contributed by atoms with Crippen LogP contribution in [0.25, 0.3) is 5.53 Å². The third kappa shape index (κ3) is 2.34. The Bertz CT molecular complexity index is 774. The van der Waals surface area contributed by atoms with Crippen LogP contribution in [0.3, 0.4) is 0 Å². The van der Waals surface area contributed by atoms with Crippen LogP contribution < -0.4 is 4.90 Å². The zero-order valence-corrected chi connectivity index (χ0v) is 12.7. The van der Waals surface area contributed by atoms with Gasteiger partial charge in [0, 0.05) is 0 Å². The highest BCUT2D eigenvalue weighted by Gasteiger charge is 2.40. The minimum atomic E-state index is -0.262. The molecule has 22 heavy (non-hydrogen) atoms. The lowest BCUT2D eigenvalue weighted by atomic mass is 9.99. The van der Waals surface area contributed by atoms with Crippen LogP contribution in [0.15, 0.2) is 48.5 Å². The van der Waals surface area contributed by atoms with Gasteiger partial charge in [0.05, 0.1) is 17.8 Å². The van der Waals surface area contributed by atoms with E-state index in [4.69, 9.17) is 0 Å². The Morgan fingerprint density at radius 2 is 1.86 bits per heavy atom. The second-order valence-corrected chi connectivity index (χ2v) is 5.76. The van der Waals surface area contributed by atoms with Crippen molar-refractivity contribution in [2.24, 2.45) is 0 Å². The molecule has 4 nitrogen and oxygen atoms in total. The van der Waals surface area contributed by atoms with Gasteiger partial charge in [-0.2, -0.15) is 4.79 Å². The van der Waals surface area contributed by atoms with E-state index in [2.05, 4.69) is 18.6 Å². The smallest absolute Gasteiger partial charge is 0.361 e. The molecule has 0 saturated heterocycles. The molecule has 0 atom stereocenters. The molecule has 3 rings (SSSR count). The summed E-state index contributed by atoms with van der Waals surface area (Å²) in [5.41, 5.74) is 13.0. The summed E-state index contributed by atoms with van der Waals surface area (Å²) in [6.45, 7) is 4.65. The highest BCUT2D eigenvalue weighted by atomic mass is 16.2. The van der Waals surface area contributed by atoms with Gasteiger partial charge in [-0.05, 0) is 29.2 Å². The van der Waals surface area contributed by atoms with E-state index >= 15 is 0 Å². The third-order valence-corrected chi connectivity index (χ3v) is 3.96. The molecule has 0 saturated carbocycles. The minimum absolute atomic E-state index is 0.119. The molecule has 0 bridgehead atoms. The molecule has 2 aromatic rings. The molecule has 0 unspecified atom stereocenters. The maximum Gasteiger partial charge on any atom is 0.389 e. The summed E-state index contributed by atoms with van der Waals surface area (Å²) in [6, 6.07) is 15.7. The molecule has 0 aliphatic carbocycles. The molecule has 110 valence electrons. The van der Waals surface area contributed by atoms with Gasteiger partial charge in [0.2, 0.25) is 0 Å². The van der Waals surface area contributed by atoms with Crippen molar-refractivity contribution in [3.63, 3.8) is 0 Å². The van der Waals surface area contributed by atoms with Crippen molar-refractivity contribution >= 4 is 17.3 Å². The third-order valence-electron chi connectivity index (χ3n) is 3.96. The Kier molecular flexibility index (Phi) is 3.61. The second-order valence-electron chi connectivity index (χ2n) is 5.76. The van der Waals surface area contributed by atoms with E-state index in [0.717, 1.165) is 16.8 Å². The zero-order chi connectivity index (χ0) is 15.7. The molecule has 1 amide bonds. The summed E-state index contributed by atoms with van der Waals surface area (Å²) in [4.78, 5) is 17.4. The van der Waals surface area contributed by atoms with Crippen LogP contribution in [0.1, 0.15) is 36.5 Å². The summed E-state index contributed by atoms with van der Waals surface area (Å²) >= 11 is 0. The monoisotopic (exact) mass is 291 g/mol. The summed E-state index contributed by atoms with van der Waals surface area (Å²) in [5.74, 6) is 0.0887. The number of fused-ring (bicyclic) bond motifs is 1. The van der Waals surface area contributed by atoms with Crippen molar-refractivity contribution in [2.75, 3.05) is 4.90 Å². The van der Waals surface area contributed by atoms with Gasteiger partial charge in [-0.15, -0.1) is 0 Å². The van der Waals surface area contributed by atoms with E-state index in [1.165, 1.54) is 0 Å². The van der Waals surface area contributed by atoms with Crippen LogP contribution in [-0.2, 0) is 11.3 Å². The van der Waals surface area contributed by atoms with Crippen LogP contribution in [-0.4, -0.2) is 16.4 Å². The van der Waals surface area contributed by atoms with E-state index in [-0.39, 0.29) is 11.6 Å². The summed E-state index contributed by atoms with van der Waals surface area (Å²) in [6.07, 6.45) is 0. The van der Waals surface area contributed by atoms with Crippen LogP contribution in [0.2, 0.25) is 0 Å². The molecule has 0 spiro atoms. The maximum atomic E-state index is 12.5. The van der Waals surface area contributed by atoms with Crippen molar-refractivity contribution < 1.29 is 9.58 Å². The lowest BCUT2D eigenvalue weighted by Crippen LogP contribution is -2.29. The summed E-state index contributed by atoms with van der Waals surface area (Å²) in [5, 5.41) is 0. The van der Waals surface area contributed by atoms with Crippen LogP contribution in [0.5, 0.6) is 0 Å². The number of anilines is 1. The predicted octanol–water partition coefficient (Wildman–Crippen LogP) is 3.38. The molecule has 2 aromatic carbocycles. The van der Waals surface area contributed by atoms with Gasteiger partial charge in [-0.1, -0.05) is 50.2 Å². The van der Waals surface area contributed by atoms with Gasteiger partial charge in [0.25, 0.3) is 0 Å². The molecule has 4 heteroatoms. The molecule has 0 radical (unpaired) electrons. The first kappa shape index (κ1) is 14.2. The maximum absolute atomic E-state index is 12.5. The fourth-order valence-corrected chi connectivity index (χ4v) is 2.71. The molecule has 1 heterocycles. The lowest BCUT2D eigenvalue weighted by molar-refractivity contribution is -0.116. The molecule has 0 fully saturated rings. The molecule has 0 aromatic heterocycles. The highest BCUT2D eigenvalue weighted by Crippen LogP contribution is 2.32. The van der Waals surface area contributed by atoms with Crippen LogP contribution >= 0.6 is 0 Å². The van der Waals surface area contributed by atoms with E-state index in [1.54, 1.807) is 4.90 Å². The number of rotatable bonds is 3. The number of carbonyl (C=O) groups is 1. The van der Waals surface area contributed by atoms with E-state index in [0.29, 0.717) is 18.0 Å². The second kappa shape index (κ2) is 5.58. The molecule has 1 aliphatic rings. The largest absolute Gasteiger partial charge is 0.389 e. The molecule has 0 N–H and O–H groups in total. The van der Waals surface area contributed by atoms with Crippen molar-refractivity contribution in [1.29, 1.82) is 0 Å². The fourth-order valence-electron chi connectivity index (χ4n) is 2.71. The number of hydrogen-bond acceptors (Lipinski definition) is 1. The SMILES string of the molecule is CC(C)c1ccc2c(c1)C(=[N+]=[N-])C(=O)N2Cc1ccccc1. The Morgan fingerprint density at radius 1 is 1.14 bits per heavy atom. The first-order chi connectivity index (χ1) is 10.6. The number of amides is 1. The van der Waals surface area contributed by atoms with Gasteiger partial charge in [0.1, 0.15) is 0 Å². The quantitative estimate of drug-likeness (QED) is 0.631. The van der Waals surface area contributed by atoms with Gasteiger partial charge < -0.3 is 5.53 Å². The summed E-state index contributed by atoms with van der Waals surface area (Å²) < 4.78 is 0. The van der Waals surface area contributed by atoms with Gasteiger partial charge in [0.15, 0.2) is 0 Å². The first-order valence-corrected chi connectivity index (χ1v) is 7.34. The Hall–Kier alpha value is -2.71. The average Bonchev–Trinajstić information content (AvgIpc) is 2.79. The average molecular weight is 291 g/mol. The van der Waals surface area contributed by atoms with E-state index < -0.39 is 0 Å². The number of hydrogen-bond donors (Lipinski definition) is 0. The van der Waals surface area contributed by atoms with Crippen molar-refractivity contribution in [2.45, 2.75) is 26.3 Å². The van der Waals surface area contributed by atoms with Gasteiger partial charge >= 0.3 is 11.6 Å². The lowest BCUT2D eigenvalue weighted by Gasteiger charge is -2.16. The Morgan fingerprint density at radius 3 is 2.50 bits per heavy atom. The number of nitrogens with zero attached hydrogens (tertiary/aromatic N) is 3. The number of benzene rings is 2. The van der Waals surface area contributed by atoms with E-state index in [9.17, 15) is 10.3 Å². The zero-order valence-electron chi connectivity index (χ0n) is 12.7. The topological polar surface area (TPSA) is 56.7 Å². The Balaban J connectivity index is 2.05. The summed E-state index contributed by atoms with van der Waals surface area (Å²) in [7, 11) is 0. The molecular formula is C18H17N3O. The van der Waals surface area contributed by atoms with Crippen molar-refractivity contribution in [3.05, 3.63) is 70.8 Å². The number of carbonyl (C=O) groups excluding carboxylic acids is 1. The van der Waals surface area contributed by atoms with Crippen LogP contribution in [0.4, 0.5) is 5.69 Å². The van der Waals surface area contributed by atoms with Crippen LogP contribution in [0, 0.1) is 0 Å². The van der Waals surface area contributed by atoms with Crippen molar-refractivity contribution in [1.82, 2.24) is 0 Å². The molecule has 1 aliphatic heterocycles. The predicted molar refractivity (Wildman–Crippen MR) is 85.9 cm³/mol. The van der Waals surface area contributed by atoms with E-state index in [1.807, 2.05) is 48.5 Å². The fraction of sp³-hybridized carbons (Fsp3) is 0.222. The first-order valence-electron chi connectivity index (χ1n) is 7.34. The highest BCUT2D eigenvalue weighted by molar-refractivity contribution is 6.52. The van der Waals surface area contributed by atoms with Gasteiger partial charge in [-0.3, -0.25) is 9.69 Å². The normalized spacial score (nSPS) is 13.5. The van der Waals surface area contributed by atoms with Crippen molar-refractivity contribution in [3.8, 4) is 0 Å². The standard InChI is InChI=1S/C18H17N3O/c1-12(2)14-8-9-16-15(10-14)17(20-19)18(22)21(16)11-13-6-4-3-5-7-13/h3-10,12H,11H2,1-2H3.